The Kier molecular flexibility index (Phi) is 2.46. The molecule has 0 fully saturated rings. The zero-order chi connectivity index (χ0) is 12.5. The molecule has 90 valence electrons. The molecule has 5 heteroatoms. The highest BCUT2D eigenvalue weighted by atomic mass is 16.1. The molecule has 3 N–H and O–H groups in total. The molecule has 0 aliphatic rings. The quantitative estimate of drug-likeness (QED) is 0.705. The fraction of sp³-hybridized carbons (Fsp3) is 0.0769. The maximum atomic E-state index is 11.6. The van der Waals surface area contributed by atoms with Gasteiger partial charge in [-0.15, -0.1) is 0 Å². The molecule has 0 amide bonds. The van der Waals surface area contributed by atoms with E-state index in [1.165, 1.54) is 4.40 Å². The van der Waals surface area contributed by atoms with E-state index in [4.69, 9.17) is 5.73 Å². The molecule has 0 bridgehead atoms. The van der Waals surface area contributed by atoms with Crippen LogP contribution in [0.1, 0.15) is 5.56 Å². The summed E-state index contributed by atoms with van der Waals surface area (Å²) in [5.74, 6) is 0. The van der Waals surface area contributed by atoms with Crippen molar-refractivity contribution < 1.29 is 0 Å². The molecule has 3 rings (SSSR count). The van der Waals surface area contributed by atoms with Crippen LogP contribution in [0.3, 0.4) is 0 Å². The number of nitrogens with two attached hydrogens (primary N) is 1. The van der Waals surface area contributed by atoms with E-state index in [1.54, 1.807) is 6.20 Å². The van der Waals surface area contributed by atoms with E-state index in [1.807, 2.05) is 36.4 Å². The Labute approximate surface area is 103 Å². The Bertz CT molecular complexity index is 797. The highest BCUT2D eigenvalue weighted by molar-refractivity contribution is 5.98. The number of hydrogen-bond acceptors (Lipinski definition) is 3. The van der Waals surface area contributed by atoms with Gasteiger partial charge in [0.1, 0.15) is 0 Å². The minimum Gasteiger partial charge on any atom is -0.327 e. The first kappa shape index (κ1) is 10.7. The minimum atomic E-state index is -0.238. The van der Waals surface area contributed by atoms with E-state index < -0.39 is 0 Å². The molecule has 0 radical (unpaired) electrons. The van der Waals surface area contributed by atoms with Crippen molar-refractivity contribution in [3.63, 3.8) is 0 Å². The molecular weight excluding hydrogens is 228 g/mol. The average molecular weight is 240 g/mol. The van der Waals surface area contributed by atoms with Crippen molar-refractivity contribution in [2.45, 2.75) is 0 Å². The Balaban J connectivity index is 2.48. The summed E-state index contributed by atoms with van der Waals surface area (Å²) in [7, 11) is 0. The Morgan fingerprint density at radius 1 is 1.33 bits per heavy atom. The van der Waals surface area contributed by atoms with Crippen LogP contribution in [0, 0.1) is 0 Å². The molecule has 5 nitrogen and oxygen atoms in total. The van der Waals surface area contributed by atoms with Crippen molar-refractivity contribution in [2.24, 2.45) is 5.73 Å². The number of nitrogens with zero attached hydrogens (tertiary/aromatic N) is 2. The van der Waals surface area contributed by atoms with Gasteiger partial charge in [0.15, 0.2) is 5.65 Å². The van der Waals surface area contributed by atoms with E-state index in [2.05, 4.69) is 10.2 Å². The topological polar surface area (TPSA) is 76.2 Å². The number of rotatable bonds is 2. The summed E-state index contributed by atoms with van der Waals surface area (Å²) >= 11 is 0. The van der Waals surface area contributed by atoms with Crippen LogP contribution in [0.4, 0.5) is 0 Å². The molecule has 0 unspecified atom stereocenters. The summed E-state index contributed by atoms with van der Waals surface area (Å²) in [4.78, 5) is 11.6. The molecule has 0 atom stereocenters. The van der Waals surface area contributed by atoms with Gasteiger partial charge in [0.2, 0.25) is 0 Å². The maximum absolute atomic E-state index is 11.6. The van der Waals surface area contributed by atoms with Crippen LogP contribution >= 0.6 is 0 Å². The van der Waals surface area contributed by atoms with Crippen molar-refractivity contribution >= 4 is 22.5 Å². The van der Waals surface area contributed by atoms with Gasteiger partial charge < -0.3 is 5.73 Å². The lowest BCUT2D eigenvalue weighted by Gasteiger charge is -2.03. The van der Waals surface area contributed by atoms with E-state index in [9.17, 15) is 4.79 Å². The Morgan fingerprint density at radius 3 is 2.89 bits per heavy atom. The van der Waals surface area contributed by atoms with Crippen LogP contribution in [0.5, 0.6) is 0 Å². The molecule has 1 aromatic carbocycles. The molecule has 2 heterocycles. The van der Waals surface area contributed by atoms with Gasteiger partial charge in [0.25, 0.3) is 0 Å². The van der Waals surface area contributed by atoms with Gasteiger partial charge in [-0.3, -0.25) is 0 Å². The maximum Gasteiger partial charge on any atom is 0.347 e. The van der Waals surface area contributed by atoms with Crippen LogP contribution in [0.25, 0.3) is 22.5 Å². The summed E-state index contributed by atoms with van der Waals surface area (Å²) in [5.41, 5.74) is 6.82. The number of pyridine rings is 1. The monoisotopic (exact) mass is 240 g/mol. The van der Waals surface area contributed by atoms with Gasteiger partial charge in [-0.25, -0.2) is 14.3 Å². The summed E-state index contributed by atoms with van der Waals surface area (Å²) in [6.45, 7) is 0.465. The zero-order valence-electron chi connectivity index (χ0n) is 9.63. The van der Waals surface area contributed by atoms with Gasteiger partial charge in [0.05, 0.1) is 0 Å². The first-order valence-electron chi connectivity index (χ1n) is 5.66. The predicted molar refractivity (Wildman–Crippen MR) is 71.4 cm³/mol. The van der Waals surface area contributed by atoms with Crippen molar-refractivity contribution in [3.05, 3.63) is 52.6 Å². The Hall–Kier alpha value is -2.40. The fourth-order valence-electron chi connectivity index (χ4n) is 2.08. The molecule has 0 saturated carbocycles. The first-order valence-corrected chi connectivity index (χ1v) is 5.66. The van der Waals surface area contributed by atoms with Crippen LogP contribution < -0.4 is 11.4 Å². The molecule has 0 aliphatic heterocycles. The Morgan fingerprint density at radius 2 is 2.11 bits per heavy atom. The van der Waals surface area contributed by atoms with E-state index in [0.29, 0.717) is 12.2 Å². The number of aromatic nitrogens is 3. The molecule has 0 aliphatic carbocycles. The lowest BCUT2D eigenvalue weighted by atomic mass is 10.1. The average Bonchev–Trinajstić information content (AvgIpc) is 2.78. The van der Waals surface area contributed by atoms with Gasteiger partial charge in [-0.05, 0) is 10.9 Å². The minimum absolute atomic E-state index is 0.238. The lowest BCUT2D eigenvalue weighted by Crippen LogP contribution is -2.09. The third kappa shape index (κ3) is 1.53. The lowest BCUT2D eigenvalue weighted by molar-refractivity contribution is 1.02. The zero-order valence-corrected chi connectivity index (χ0v) is 9.63. The second-order valence-corrected chi connectivity index (χ2v) is 3.99. The van der Waals surface area contributed by atoms with E-state index in [0.717, 1.165) is 16.3 Å². The summed E-state index contributed by atoms with van der Waals surface area (Å²) in [6.07, 6.45) is 5.55. The number of H-pyrrole nitrogens is 1. The molecule has 0 spiro atoms. The number of fused-ring (bicyclic) bond motifs is 3. The largest absolute Gasteiger partial charge is 0.347 e. The number of hydrogen-bond donors (Lipinski definition) is 2. The van der Waals surface area contributed by atoms with Crippen molar-refractivity contribution in [2.75, 3.05) is 6.54 Å². The van der Waals surface area contributed by atoms with Gasteiger partial charge in [0, 0.05) is 18.1 Å². The summed E-state index contributed by atoms with van der Waals surface area (Å²) in [5, 5.41) is 8.49. The van der Waals surface area contributed by atoms with Crippen LogP contribution in [-0.2, 0) is 0 Å². The predicted octanol–water partition coefficient (Wildman–Crippen LogP) is 1.15. The fourth-order valence-corrected chi connectivity index (χ4v) is 2.08. The molecule has 0 saturated heterocycles. The van der Waals surface area contributed by atoms with Crippen molar-refractivity contribution in [1.29, 1.82) is 0 Å². The molecule has 2 aromatic heterocycles. The summed E-state index contributed by atoms with van der Waals surface area (Å²) in [6, 6.07) is 7.84. The SMILES string of the molecule is NCC=Cc1cn2c(=O)[nH]nc2c2ccccc12. The van der Waals surface area contributed by atoms with E-state index in [-0.39, 0.29) is 5.69 Å². The van der Waals surface area contributed by atoms with Gasteiger partial charge >= 0.3 is 5.69 Å². The smallest absolute Gasteiger partial charge is 0.327 e. The van der Waals surface area contributed by atoms with Crippen molar-refractivity contribution in [1.82, 2.24) is 14.6 Å². The van der Waals surface area contributed by atoms with Crippen LogP contribution in [-0.4, -0.2) is 21.1 Å². The van der Waals surface area contributed by atoms with E-state index >= 15 is 0 Å². The molecule has 18 heavy (non-hydrogen) atoms. The second kappa shape index (κ2) is 4.12. The molecular formula is C13H12N4O. The third-order valence-electron chi connectivity index (χ3n) is 2.89. The van der Waals surface area contributed by atoms with Crippen LogP contribution in [0.2, 0.25) is 0 Å². The van der Waals surface area contributed by atoms with Gasteiger partial charge in [-0.1, -0.05) is 36.4 Å². The van der Waals surface area contributed by atoms with Crippen molar-refractivity contribution in [3.8, 4) is 0 Å². The summed E-state index contributed by atoms with van der Waals surface area (Å²) < 4.78 is 1.51. The molecule has 3 aromatic rings. The number of aromatic amines is 1. The van der Waals surface area contributed by atoms with Gasteiger partial charge in [-0.2, -0.15) is 5.10 Å². The normalized spacial score (nSPS) is 11.8. The number of nitrogens with one attached hydrogen (secondary N) is 1. The highest BCUT2D eigenvalue weighted by Gasteiger charge is 2.07. The number of benzene rings is 1. The standard InChI is InChI=1S/C13H12N4O/c14-7-3-4-9-8-17-12(15-16-13(17)18)11-6-2-1-5-10(9)11/h1-6,8H,7,14H2,(H,16,18). The second-order valence-electron chi connectivity index (χ2n) is 3.99. The highest BCUT2D eigenvalue weighted by Crippen LogP contribution is 2.22. The van der Waals surface area contributed by atoms with Crippen LogP contribution in [0.15, 0.2) is 41.3 Å². The third-order valence-corrected chi connectivity index (χ3v) is 2.89. The first-order chi connectivity index (χ1) is 8.81.